The smallest absolute Gasteiger partial charge is 0.258 e. The minimum absolute atomic E-state index is 0.0177. The van der Waals surface area contributed by atoms with Crippen molar-refractivity contribution in [2.45, 2.75) is 38.1 Å². The van der Waals surface area contributed by atoms with Gasteiger partial charge in [-0.25, -0.2) is 0 Å². The largest absolute Gasteiger partial charge is 0.309 e. The predicted octanol–water partition coefficient (Wildman–Crippen LogP) is 4.19. The van der Waals surface area contributed by atoms with E-state index in [1.165, 1.54) is 12.8 Å². The van der Waals surface area contributed by atoms with Gasteiger partial charge in [0.1, 0.15) is 0 Å². The lowest BCUT2D eigenvalue weighted by Crippen LogP contribution is -2.23. The number of hydrogen-bond donors (Lipinski definition) is 2. The summed E-state index contributed by atoms with van der Waals surface area (Å²) in [6.07, 6.45) is 2.37. The third-order valence-corrected chi connectivity index (χ3v) is 5.79. The van der Waals surface area contributed by atoms with Gasteiger partial charge in [-0.05, 0) is 49.1 Å². The molecule has 1 aromatic heterocycles. The molecular weight excluding hydrogens is 364 g/mol. The maximum atomic E-state index is 12.6. The van der Waals surface area contributed by atoms with Gasteiger partial charge < -0.3 is 10.2 Å². The number of carbonyl (C=O) groups is 2. The topological polar surface area (TPSA) is 78.1 Å². The van der Waals surface area contributed by atoms with Crippen LogP contribution in [0.1, 0.15) is 58.8 Å². The molecule has 2 aromatic carbocycles. The van der Waals surface area contributed by atoms with Crippen molar-refractivity contribution in [3.8, 4) is 0 Å². The number of nitrogens with zero attached hydrogens (tertiary/aromatic N) is 2. The average molecular weight is 386 g/mol. The van der Waals surface area contributed by atoms with Crippen molar-refractivity contribution < 1.29 is 9.59 Å². The molecule has 1 atom stereocenters. The molecular formula is C23H22N4O2. The van der Waals surface area contributed by atoms with E-state index in [-0.39, 0.29) is 17.7 Å². The molecule has 5 rings (SSSR count). The standard InChI is InChI=1S/C23H22N4O2/c1-14(22(28)24-21-12-20(25-26-21)16-6-7-16)15-8-10-18(11-9-15)27-13-17-4-2-3-5-19(17)23(27)29/h2-5,8-12,14,16H,6-7,13H2,1H3,(H2,24,25,26,28)/t14-/m1/s1. The Kier molecular flexibility index (Phi) is 4.19. The predicted molar refractivity (Wildman–Crippen MR) is 111 cm³/mol. The van der Waals surface area contributed by atoms with E-state index in [1.807, 2.05) is 61.5 Å². The van der Waals surface area contributed by atoms with Crippen LogP contribution in [0.2, 0.25) is 0 Å². The van der Waals surface area contributed by atoms with Gasteiger partial charge in [-0.3, -0.25) is 14.7 Å². The lowest BCUT2D eigenvalue weighted by atomic mass is 10.00. The van der Waals surface area contributed by atoms with Crippen molar-refractivity contribution in [1.82, 2.24) is 10.2 Å². The van der Waals surface area contributed by atoms with E-state index in [4.69, 9.17) is 0 Å². The Labute approximate surface area is 168 Å². The number of carbonyl (C=O) groups excluding carboxylic acids is 2. The van der Waals surface area contributed by atoms with Crippen LogP contribution in [-0.2, 0) is 11.3 Å². The highest BCUT2D eigenvalue weighted by molar-refractivity contribution is 6.10. The van der Waals surface area contributed by atoms with Crippen molar-refractivity contribution >= 4 is 23.3 Å². The number of aromatic amines is 1. The fraction of sp³-hybridized carbons (Fsp3) is 0.261. The molecule has 1 aliphatic carbocycles. The molecule has 0 radical (unpaired) electrons. The van der Waals surface area contributed by atoms with Crippen LogP contribution in [0.3, 0.4) is 0 Å². The molecule has 0 unspecified atom stereocenters. The lowest BCUT2D eigenvalue weighted by molar-refractivity contribution is -0.117. The Balaban J connectivity index is 1.27. The van der Waals surface area contributed by atoms with Crippen molar-refractivity contribution in [3.63, 3.8) is 0 Å². The molecule has 6 nitrogen and oxygen atoms in total. The first-order valence-corrected chi connectivity index (χ1v) is 9.96. The van der Waals surface area contributed by atoms with Gasteiger partial charge in [0.2, 0.25) is 5.91 Å². The van der Waals surface area contributed by atoms with E-state index in [0.29, 0.717) is 18.3 Å². The summed E-state index contributed by atoms with van der Waals surface area (Å²) in [5.74, 6) is 0.732. The fourth-order valence-corrected chi connectivity index (χ4v) is 3.80. The minimum Gasteiger partial charge on any atom is -0.309 e. The Bertz CT molecular complexity index is 1080. The molecule has 2 amide bonds. The molecule has 2 aliphatic rings. The third kappa shape index (κ3) is 3.31. The zero-order valence-electron chi connectivity index (χ0n) is 16.2. The van der Waals surface area contributed by atoms with Gasteiger partial charge in [0.05, 0.1) is 12.5 Å². The van der Waals surface area contributed by atoms with Gasteiger partial charge in [0.25, 0.3) is 5.91 Å². The van der Waals surface area contributed by atoms with Crippen LogP contribution in [0.15, 0.2) is 54.6 Å². The summed E-state index contributed by atoms with van der Waals surface area (Å²) in [6.45, 7) is 2.45. The summed E-state index contributed by atoms with van der Waals surface area (Å²) in [6, 6.07) is 17.2. The van der Waals surface area contributed by atoms with Crippen LogP contribution in [0.5, 0.6) is 0 Å². The molecule has 6 heteroatoms. The number of H-pyrrole nitrogens is 1. The zero-order valence-corrected chi connectivity index (χ0v) is 16.2. The Hall–Kier alpha value is -3.41. The van der Waals surface area contributed by atoms with Crippen LogP contribution in [0, 0.1) is 0 Å². The quantitative estimate of drug-likeness (QED) is 0.690. The summed E-state index contributed by atoms with van der Waals surface area (Å²) in [4.78, 5) is 27.0. The van der Waals surface area contributed by atoms with Gasteiger partial charge in [0.15, 0.2) is 5.82 Å². The number of nitrogens with one attached hydrogen (secondary N) is 2. The molecule has 1 fully saturated rings. The number of hydrogen-bond acceptors (Lipinski definition) is 3. The van der Waals surface area contributed by atoms with E-state index in [2.05, 4.69) is 15.5 Å². The molecule has 0 bridgehead atoms. The molecule has 2 heterocycles. The lowest BCUT2D eigenvalue weighted by Gasteiger charge is -2.17. The molecule has 2 N–H and O–H groups in total. The Morgan fingerprint density at radius 1 is 1.17 bits per heavy atom. The molecule has 0 saturated heterocycles. The minimum atomic E-state index is -0.323. The van der Waals surface area contributed by atoms with Crippen LogP contribution in [0.25, 0.3) is 0 Å². The first-order valence-electron chi connectivity index (χ1n) is 9.96. The summed E-state index contributed by atoms with van der Waals surface area (Å²) in [5, 5.41) is 10.1. The normalized spacial score (nSPS) is 16.6. The second-order valence-electron chi connectivity index (χ2n) is 7.83. The van der Waals surface area contributed by atoms with Gasteiger partial charge in [0, 0.05) is 28.9 Å². The van der Waals surface area contributed by atoms with Crippen molar-refractivity contribution in [2.24, 2.45) is 0 Å². The number of aromatic nitrogens is 2. The average Bonchev–Trinajstić information content (AvgIpc) is 3.41. The van der Waals surface area contributed by atoms with Gasteiger partial charge in [-0.2, -0.15) is 5.10 Å². The monoisotopic (exact) mass is 386 g/mol. The zero-order chi connectivity index (χ0) is 20.0. The Morgan fingerprint density at radius 3 is 2.66 bits per heavy atom. The Morgan fingerprint density at radius 2 is 1.93 bits per heavy atom. The summed E-state index contributed by atoms with van der Waals surface area (Å²) in [7, 11) is 0. The molecule has 1 aliphatic heterocycles. The number of benzene rings is 2. The molecule has 146 valence electrons. The second kappa shape index (κ2) is 6.88. The van der Waals surface area contributed by atoms with Crippen LogP contribution in [-0.4, -0.2) is 22.0 Å². The number of fused-ring (bicyclic) bond motifs is 1. The number of anilines is 2. The van der Waals surface area contributed by atoms with Crippen LogP contribution >= 0.6 is 0 Å². The number of rotatable bonds is 5. The second-order valence-corrected chi connectivity index (χ2v) is 7.83. The van der Waals surface area contributed by atoms with E-state index < -0.39 is 0 Å². The summed E-state index contributed by atoms with van der Waals surface area (Å²) in [5.41, 5.74) is 4.62. The summed E-state index contributed by atoms with van der Waals surface area (Å²) < 4.78 is 0. The van der Waals surface area contributed by atoms with E-state index in [1.54, 1.807) is 4.90 Å². The van der Waals surface area contributed by atoms with Crippen LogP contribution in [0.4, 0.5) is 11.5 Å². The van der Waals surface area contributed by atoms with Crippen molar-refractivity contribution in [2.75, 3.05) is 10.2 Å². The van der Waals surface area contributed by atoms with Crippen molar-refractivity contribution in [3.05, 3.63) is 77.0 Å². The third-order valence-electron chi connectivity index (χ3n) is 5.79. The molecule has 3 aromatic rings. The van der Waals surface area contributed by atoms with Crippen LogP contribution < -0.4 is 10.2 Å². The fourth-order valence-electron chi connectivity index (χ4n) is 3.80. The van der Waals surface area contributed by atoms with Gasteiger partial charge >= 0.3 is 0 Å². The number of amides is 2. The first kappa shape index (κ1) is 17.7. The maximum Gasteiger partial charge on any atom is 0.258 e. The SMILES string of the molecule is C[C@@H](C(=O)Nc1cc(C2CC2)[nH]n1)c1ccc(N2Cc3ccccc3C2=O)cc1. The van der Waals surface area contributed by atoms with E-state index >= 15 is 0 Å². The highest BCUT2D eigenvalue weighted by Gasteiger charge is 2.28. The first-order chi connectivity index (χ1) is 14.1. The van der Waals surface area contributed by atoms with Gasteiger partial charge in [-0.1, -0.05) is 30.3 Å². The van der Waals surface area contributed by atoms with Crippen molar-refractivity contribution in [1.29, 1.82) is 0 Å². The molecule has 29 heavy (non-hydrogen) atoms. The molecule has 0 spiro atoms. The molecule has 1 saturated carbocycles. The van der Waals surface area contributed by atoms with E-state index in [9.17, 15) is 9.59 Å². The highest BCUT2D eigenvalue weighted by atomic mass is 16.2. The van der Waals surface area contributed by atoms with E-state index in [0.717, 1.165) is 28.1 Å². The van der Waals surface area contributed by atoms with Gasteiger partial charge in [-0.15, -0.1) is 0 Å². The maximum absolute atomic E-state index is 12.6. The summed E-state index contributed by atoms with van der Waals surface area (Å²) >= 11 is 0. The highest BCUT2D eigenvalue weighted by Crippen LogP contribution is 2.39.